The van der Waals surface area contributed by atoms with Gasteiger partial charge in [0.1, 0.15) is 0 Å². The van der Waals surface area contributed by atoms with E-state index in [2.05, 4.69) is 66.5 Å². The van der Waals surface area contributed by atoms with Crippen LogP contribution in [0, 0.1) is 6.92 Å². The minimum atomic E-state index is 0.474. The van der Waals surface area contributed by atoms with E-state index in [4.69, 9.17) is 0 Å². The molecule has 1 aliphatic rings. The van der Waals surface area contributed by atoms with E-state index in [9.17, 15) is 0 Å². The van der Waals surface area contributed by atoms with Crippen molar-refractivity contribution in [2.24, 2.45) is 4.99 Å². The lowest BCUT2D eigenvalue weighted by Gasteiger charge is -2.08. The molecule has 0 radical (unpaired) electrons. The van der Waals surface area contributed by atoms with E-state index in [0.29, 0.717) is 5.25 Å². The van der Waals surface area contributed by atoms with Crippen LogP contribution in [0.1, 0.15) is 21.9 Å². The fourth-order valence-corrected chi connectivity index (χ4v) is 3.28. The van der Waals surface area contributed by atoms with Gasteiger partial charge in [0.15, 0.2) is 0 Å². The van der Waals surface area contributed by atoms with Gasteiger partial charge in [0.05, 0.1) is 16.8 Å². The topological polar surface area (TPSA) is 12.4 Å². The molecule has 1 aliphatic heterocycles. The highest BCUT2D eigenvalue weighted by molar-refractivity contribution is 8.14. The Bertz CT molecular complexity index is 575. The highest BCUT2D eigenvalue weighted by Crippen LogP contribution is 2.37. The van der Waals surface area contributed by atoms with Crippen LogP contribution in [-0.4, -0.2) is 11.6 Å². The first kappa shape index (κ1) is 11.5. The summed E-state index contributed by atoms with van der Waals surface area (Å²) in [7, 11) is 0. The van der Waals surface area contributed by atoms with Crippen LogP contribution in [0.25, 0.3) is 0 Å². The number of rotatable bonds is 2. The van der Waals surface area contributed by atoms with Crippen LogP contribution in [0.15, 0.2) is 59.6 Å². The van der Waals surface area contributed by atoms with Crippen molar-refractivity contribution >= 4 is 16.8 Å². The lowest BCUT2D eigenvalue weighted by molar-refractivity contribution is 0.966. The minimum absolute atomic E-state index is 0.474. The number of nitrogens with zero attached hydrogens (tertiary/aromatic N) is 1. The van der Waals surface area contributed by atoms with Gasteiger partial charge in [-0.25, -0.2) is 0 Å². The van der Waals surface area contributed by atoms with Crippen molar-refractivity contribution in [1.29, 1.82) is 0 Å². The molecular formula is C16H15NS. The number of thioether (sulfide) groups is 1. The average Bonchev–Trinajstić information content (AvgIpc) is 2.89. The third kappa shape index (κ3) is 2.34. The predicted molar refractivity (Wildman–Crippen MR) is 79.4 cm³/mol. The quantitative estimate of drug-likeness (QED) is 0.780. The smallest absolute Gasteiger partial charge is 0.0984 e. The fourth-order valence-electron chi connectivity index (χ4n) is 2.15. The molecule has 0 N–H and O–H groups in total. The molecule has 0 saturated heterocycles. The molecule has 0 saturated carbocycles. The molecule has 1 atom stereocenters. The summed E-state index contributed by atoms with van der Waals surface area (Å²) in [4.78, 5) is 4.68. The zero-order chi connectivity index (χ0) is 12.4. The summed E-state index contributed by atoms with van der Waals surface area (Å²) >= 11 is 1.88. The van der Waals surface area contributed by atoms with Crippen molar-refractivity contribution in [3.63, 3.8) is 0 Å². The fraction of sp³-hybridized carbons (Fsp3) is 0.188. The summed E-state index contributed by atoms with van der Waals surface area (Å²) < 4.78 is 0. The van der Waals surface area contributed by atoms with Crippen molar-refractivity contribution in [3.8, 4) is 0 Å². The molecule has 1 nitrogen and oxygen atoms in total. The zero-order valence-corrected chi connectivity index (χ0v) is 11.2. The highest BCUT2D eigenvalue weighted by atomic mass is 32.2. The normalized spacial score (nSPS) is 18.7. The van der Waals surface area contributed by atoms with Crippen LogP contribution >= 0.6 is 11.8 Å². The molecule has 3 rings (SSSR count). The second-order valence-corrected chi connectivity index (χ2v) is 5.72. The second kappa shape index (κ2) is 4.99. The molecule has 2 aromatic carbocycles. The standard InChI is InChI=1S/C16H15NS/c1-12-6-5-9-14(10-12)16-17-11-15(18-16)13-7-3-2-4-8-13/h2-10,15H,11H2,1H3. The Morgan fingerprint density at radius 1 is 1.06 bits per heavy atom. The van der Waals surface area contributed by atoms with Gasteiger partial charge in [0, 0.05) is 5.56 Å². The third-order valence-corrected chi connectivity index (χ3v) is 4.38. The van der Waals surface area contributed by atoms with Gasteiger partial charge >= 0.3 is 0 Å². The summed E-state index contributed by atoms with van der Waals surface area (Å²) in [5, 5.41) is 1.65. The monoisotopic (exact) mass is 253 g/mol. The molecule has 18 heavy (non-hydrogen) atoms. The van der Waals surface area contributed by atoms with Crippen molar-refractivity contribution in [1.82, 2.24) is 0 Å². The molecule has 0 aromatic heterocycles. The van der Waals surface area contributed by atoms with Crippen molar-refractivity contribution < 1.29 is 0 Å². The van der Waals surface area contributed by atoms with E-state index in [0.717, 1.165) is 6.54 Å². The molecule has 2 heteroatoms. The van der Waals surface area contributed by atoms with Gasteiger partial charge in [0.25, 0.3) is 0 Å². The van der Waals surface area contributed by atoms with E-state index in [1.165, 1.54) is 21.7 Å². The number of benzene rings is 2. The van der Waals surface area contributed by atoms with E-state index < -0.39 is 0 Å². The van der Waals surface area contributed by atoms with Gasteiger partial charge in [-0.1, -0.05) is 65.9 Å². The molecule has 0 aliphatic carbocycles. The maximum Gasteiger partial charge on any atom is 0.0984 e. The van der Waals surface area contributed by atoms with Gasteiger partial charge in [0.2, 0.25) is 0 Å². The Kier molecular flexibility index (Phi) is 3.20. The summed E-state index contributed by atoms with van der Waals surface area (Å²) in [5.74, 6) is 0. The number of aliphatic imine (C=N–C) groups is 1. The molecule has 1 unspecified atom stereocenters. The molecule has 0 bridgehead atoms. The molecular weight excluding hydrogens is 238 g/mol. The SMILES string of the molecule is Cc1cccc(C2=NCC(c3ccccc3)S2)c1. The Morgan fingerprint density at radius 2 is 1.89 bits per heavy atom. The summed E-state index contributed by atoms with van der Waals surface area (Å²) in [6.45, 7) is 3.01. The lowest BCUT2D eigenvalue weighted by atomic mass is 10.1. The maximum absolute atomic E-state index is 4.68. The van der Waals surface area contributed by atoms with Gasteiger partial charge in [-0.3, -0.25) is 4.99 Å². The number of aryl methyl sites for hydroxylation is 1. The largest absolute Gasteiger partial charge is 0.276 e. The van der Waals surface area contributed by atoms with Crippen molar-refractivity contribution in [3.05, 3.63) is 71.3 Å². The number of hydrogen-bond donors (Lipinski definition) is 0. The Labute approximate surface area is 112 Å². The van der Waals surface area contributed by atoms with Crippen molar-refractivity contribution in [2.75, 3.05) is 6.54 Å². The first-order valence-corrected chi connectivity index (χ1v) is 7.04. The van der Waals surface area contributed by atoms with Crippen LogP contribution in [0.5, 0.6) is 0 Å². The second-order valence-electron chi connectivity index (χ2n) is 4.53. The third-order valence-electron chi connectivity index (χ3n) is 3.09. The van der Waals surface area contributed by atoms with Crippen LogP contribution in [0.2, 0.25) is 0 Å². The zero-order valence-electron chi connectivity index (χ0n) is 10.3. The molecule has 0 amide bonds. The predicted octanol–water partition coefficient (Wildman–Crippen LogP) is 4.23. The van der Waals surface area contributed by atoms with E-state index in [-0.39, 0.29) is 0 Å². The summed E-state index contributed by atoms with van der Waals surface area (Å²) in [6.07, 6.45) is 0. The first-order valence-electron chi connectivity index (χ1n) is 6.16. The molecule has 90 valence electrons. The van der Waals surface area contributed by atoms with Gasteiger partial charge < -0.3 is 0 Å². The van der Waals surface area contributed by atoms with Crippen LogP contribution in [0.3, 0.4) is 0 Å². The van der Waals surface area contributed by atoms with Crippen LogP contribution in [-0.2, 0) is 0 Å². The molecule has 2 aromatic rings. The highest BCUT2D eigenvalue weighted by Gasteiger charge is 2.21. The average molecular weight is 253 g/mol. The molecule has 1 heterocycles. The summed E-state index contributed by atoms with van der Waals surface area (Å²) in [6, 6.07) is 19.2. The molecule has 0 fully saturated rings. The van der Waals surface area contributed by atoms with E-state index >= 15 is 0 Å². The van der Waals surface area contributed by atoms with E-state index in [1.54, 1.807) is 0 Å². The lowest BCUT2D eigenvalue weighted by Crippen LogP contribution is -1.95. The van der Waals surface area contributed by atoms with Crippen LogP contribution < -0.4 is 0 Å². The van der Waals surface area contributed by atoms with Crippen molar-refractivity contribution in [2.45, 2.75) is 12.2 Å². The van der Waals surface area contributed by atoms with Crippen LogP contribution in [0.4, 0.5) is 0 Å². The molecule has 0 spiro atoms. The maximum atomic E-state index is 4.68. The first-order chi connectivity index (χ1) is 8.83. The van der Waals surface area contributed by atoms with Gasteiger partial charge in [-0.15, -0.1) is 0 Å². The van der Waals surface area contributed by atoms with Gasteiger partial charge in [-0.2, -0.15) is 0 Å². The minimum Gasteiger partial charge on any atom is -0.276 e. The Hall–Kier alpha value is -1.54. The Balaban J connectivity index is 1.79. The number of hydrogen-bond acceptors (Lipinski definition) is 2. The Morgan fingerprint density at radius 3 is 2.67 bits per heavy atom. The van der Waals surface area contributed by atoms with E-state index in [1.807, 2.05) is 11.8 Å². The van der Waals surface area contributed by atoms with Gasteiger partial charge in [-0.05, 0) is 18.6 Å². The summed E-state index contributed by atoms with van der Waals surface area (Å²) in [5.41, 5.74) is 3.91.